The molecule has 6 heteroatoms. The van der Waals surface area contributed by atoms with Crippen LogP contribution in [-0.2, 0) is 6.54 Å². The molecule has 0 bridgehead atoms. The van der Waals surface area contributed by atoms with E-state index in [0.717, 1.165) is 44.5 Å². The lowest BCUT2D eigenvalue weighted by Gasteiger charge is -2.36. The zero-order chi connectivity index (χ0) is 18.4. The molecule has 1 aromatic heterocycles. The summed E-state index contributed by atoms with van der Waals surface area (Å²) in [5.74, 6) is 4.02. The number of aromatic nitrogens is 1. The molecule has 2 aliphatic heterocycles. The van der Waals surface area contributed by atoms with Crippen LogP contribution in [0.4, 0.5) is 5.82 Å². The minimum Gasteiger partial charge on any atom is -0.357 e. The third-order valence-electron chi connectivity index (χ3n) is 5.29. The van der Waals surface area contributed by atoms with Gasteiger partial charge in [0, 0.05) is 57.0 Å². The van der Waals surface area contributed by atoms with Crippen molar-refractivity contribution in [2.45, 2.75) is 44.9 Å². The number of guanidine groups is 1. The maximum absolute atomic E-state index is 4.58. The molecule has 3 heterocycles. The SMILES string of the molecule is CN=C(NCc1ccnc(N2CCCCC2)c1)N1CCSC(C(C)C)C1. The van der Waals surface area contributed by atoms with Crippen molar-refractivity contribution in [1.29, 1.82) is 0 Å². The van der Waals surface area contributed by atoms with Crippen LogP contribution in [0.15, 0.2) is 23.3 Å². The fraction of sp³-hybridized carbons (Fsp3) is 0.700. The summed E-state index contributed by atoms with van der Waals surface area (Å²) in [5.41, 5.74) is 1.27. The highest BCUT2D eigenvalue weighted by Crippen LogP contribution is 2.25. The van der Waals surface area contributed by atoms with Gasteiger partial charge in [-0.25, -0.2) is 4.98 Å². The van der Waals surface area contributed by atoms with Crippen molar-refractivity contribution < 1.29 is 0 Å². The topological polar surface area (TPSA) is 43.8 Å². The zero-order valence-corrected chi connectivity index (χ0v) is 17.3. The number of hydrogen-bond donors (Lipinski definition) is 1. The van der Waals surface area contributed by atoms with Gasteiger partial charge < -0.3 is 15.1 Å². The zero-order valence-electron chi connectivity index (χ0n) is 16.4. The first kappa shape index (κ1) is 19.3. The molecule has 2 fully saturated rings. The van der Waals surface area contributed by atoms with E-state index in [2.05, 4.69) is 62.8 Å². The van der Waals surface area contributed by atoms with Gasteiger partial charge in [0.25, 0.3) is 0 Å². The molecule has 2 saturated heterocycles. The van der Waals surface area contributed by atoms with Crippen molar-refractivity contribution in [1.82, 2.24) is 15.2 Å². The summed E-state index contributed by atoms with van der Waals surface area (Å²) in [7, 11) is 1.89. The molecular formula is C20H33N5S. The standard InChI is InChI=1S/C20H33N5S/c1-16(2)18-15-25(11-12-26-18)20(21-3)23-14-17-7-8-22-19(13-17)24-9-5-4-6-10-24/h7-8,13,16,18H,4-6,9-12,14-15H2,1-3H3,(H,21,23). The highest BCUT2D eigenvalue weighted by atomic mass is 32.2. The first-order chi connectivity index (χ1) is 12.7. The third kappa shape index (κ3) is 5.06. The van der Waals surface area contributed by atoms with Gasteiger partial charge in [0.15, 0.2) is 5.96 Å². The van der Waals surface area contributed by atoms with E-state index in [1.807, 2.05) is 13.2 Å². The van der Waals surface area contributed by atoms with Crippen molar-refractivity contribution in [2.75, 3.05) is 43.9 Å². The minimum atomic E-state index is 0.689. The minimum absolute atomic E-state index is 0.689. The number of hydrogen-bond acceptors (Lipinski definition) is 4. The van der Waals surface area contributed by atoms with Crippen molar-refractivity contribution in [3.05, 3.63) is 23.9 Å². The molecule has 0 aromatic carbocycles. The van der Waals surface area contributed by atoms with Crippen molar-refractivity contribution in [2.24, 2.45) is 10.9 Å². The first-order valence-electron chi connectivity index (χ1n) is 9.94. The summed E-state index contributed by atoms with van der Waals surface area (Å²) in [6.45, 7) is 9.85. The lowest BCUT2D eigenvalue weighted by molar-refractivity contribution is 0.380. The summed E-state index contributed by atoms with van der Waals surface area (Å²) < 4.78 is 0. The summed E-state index contributed by atoms with van der Waals surface area (Å²) in [5, 5.41) is 4.25. The van der Waals surface area contributed by atoms with Gasteiger partial charge in [0.05, 0.1) is 0 Å². The van der Waals surface area contributed by atoms with E-state index in [1.165, 1.54) is 30.6 Å². The molecule has 3 rings (SSSR count). The Kier molecular flexibility index (Phi) is 7.06. The predicted molar refractivity (Wildman–Crippen MR) is 113 cm³/mol. The molecule has 1 N–H and O–H groups in total. The van der Waals surface area contributed by atoms with Gasteiger partial charge in [-0.2, -0.15) is 11.8 Å². The Morgan fingerprint density at radius 1 is 1.31 bits per heavy atom. The average Bonchev–Trinajstić information content (AvgIpc) is 2.69. The summed E-state index contributed by atoms with van der Waals surface area (Å²) in [4.78, 5) is 13.9. The van der Waals surface area contributed by atoms with Gasteiger partial charge in [0.1, 0.15) is 5.82 Å². The smallest absolute Gasteiger partial charge is 0.193 e. The Morgan fingerprint density at radius 3 is 2.85 bits per heavy atom. The molecule has 0 saturated carbocycles. The van der Waals surface area contributed by atoms with Crippen molar-refractivity contribution >= 4 is 23.5 Å². The molecule has 144 valence electrons. The van der Waals surface area contributed by atoms with Crippen LogP contribution >= 0.6 is 11.8 Å². The first-order valence-corrected chi connectivity index (χ1v) is 11.0. The van der Waals surface area contributed by atoms with E-state index in [1.54, 1.807) is 0 Å². The van der Waals surface area contributed by atoms with E-state index in [0.29, 0.717) is 11.2 Å². The second kappa shape index (κ2) is 9.49. The van der Waals surface area contributed by atoms with Crippen LogP contribution < -0.4 is 10.2 Å². The quantitative estimate of drug-likeness (QED) is 0.647. The number of thioether (sulfide) groups is 1. The Labute approximate surface area is 162 Å². The van der Waals surface area contributed by atoms with Crippen LogP contribution in [-0.4, -0.2) is 60.1 Å². The molecule has 26 heavy (non-hydrogen) atoms. The van der Waals surface area contributed by atoms with E-state index in [9.17, 15) is 0 Å². The molecular weight excluding hydrogens is 342 g/mol. The van der Waals surface area contributed by atoms with Crippen LogP contribution in [0.25, 0.3) is 0 Å². The fourth-order valence-corrected chi connectivity index (χ4v) is 4.95. The molecule has 1 aromatic rings. The molecule has 0 aliphatic carbocycles. The summed E-state index contributed by atoms with van der Waals surface area (Å²) >= 11 is 2.10. The van der Waals surface area contributed by atoms with Crippen molar-refractivity contribution in [3.63, 3.8) is 0 Å². The van der Waals surface area contributed by atoms with Gasteiger partial charge in [-0.1, -0.05) is 13.8 Å². The lowest BCUT2D eigenvalue weighted by atomic mass is 10.1. The van der Waals surface area contributed by atoms with Gasteiger partial charge >= 0.3 is 0 Å². The maximum Gasteiger partial charge on any atom is 0.193 e. The van der Waals surface area contributed by atoms with Crippen LogP contribution in [0.5, 0.6) is 0 Å². The number of rotatable bonds is 4. The number of piperidine rings is 1. The Morgan fingerprint density at radius 2 is 2.12 bits per heavy atom. The number of nitrogens with one attached hydrogen (secondary N) is 1. The van der Waals surface area contributed by atoms with Gasteiger partial charge in [0.2, 0.25) is 0 Å². The Bertz CT molecular complexity index is 598. The largest absolute Gasteiger partial charge is 0.357 e. The van der Waals surface area contributed by atoms with Crippen LogP contribution in [0, 0.1) is 5.92 Å². The van der Waals surface area contributed by atoms with Crippen LogP contribution in [0.2, 0.25) is 0 Å². The van der Waals surface area contributed by atoms with E-state index in [4.69, 9.17) is 0 Å². The summed E-state index contributed by atoms with van der Waals surface area (Å²) in [6.07, 6.45) is 5.84. The third-order valence-corrected chi connectivity index (χ3v) is 6.83. The lowest BCUT2D eigenvalue weighted by Crippen LogP contribution is -2.48. The number of aliphatic imine (C=N–C) groups is 1. The predicted octanol–water partition coefficient (Wildman–Crippen LogP) is 3.22. The highest BCUT2D eigenvalue weighted by molar-refractivity contribution is 8.00. The van der Waals surface area contributed by atoms with Gasteiger partial charge in [-0.3, -0.25) is 4.99 Å². The molecule has 0 radical (unpaired) electrons. The van der Waals surface area contributed by atoms with E-state index < -0.39 is 0 Å². The molecule has 1 unspecified atom stereocenters. The van der Waals surface area contributed by atoms with Crippen molar-refractivity contribution in [3.8, 4) is 0 Å². The average molecular weight is 376 g/mol. The Hall–Kier alpha value is -1.43. The molecule has 2 aliphatic rings. The molecule has 5 nitrogen and oxygen atoms in total. The van der Waals surface area contributed by atoms with E-state index in [-0.39, 0.29) is 0 Å². The maximum atomic E-state index is 4.58. The van der Waals surface area contributed by atoms with Gasteiger partial charge in [-0.15, -0.1) is 0 Å². The van der Waals surface area contributed by atoms with E-state index >= 15 is 0 Å². The normalized spacial score (nSPS) is 22.0. The van der Waals surface area contributed by atoms with Gasteiger partial charge in [-0.05, 0) is 42.9 Å². The monoisotopic (exact) mass is 375 g/mol. The highest BCUT2D eigenvalue weighted by Gasteiger charge is 2.24. The second-order valence-corrected chi connectivity index (χ2v) is 8.92. The molecule has 0 amide bonds. The molecule has 1 atom stereocenters. The number of pyridine rings is 1. The number of anilines is 1. The van der Waals surface area contributed by atoms with Crippen LogP contribution in [0.3, 0.4) is 0 Å². The number of nitrogens with zero attached hydrogens (tertiary/aromatic N) is 4. The second-order valence-electron chi connectivity index (χ2n) is 7.57. The molecule has 0 spiro atoms. The Balaban J connectivity index is 1.58. The summed E-state index contributed by atoms with van der Waals surface area (Å²) in [6, 6.07) is 4.34. The van der Waals surface area contributed by atoms with Crippen LogP contribution in [0.1, 0.15) is 38.7 Å². The fourth-order valence-electron chi connectivity index (χ4n) is 3.65.